The van der Waals surface area contributed by atoms with Gasteiger partial charge in [-0.3, -0.25) is 9.35 Å². The maximum Gasteiger partial charge on any atom is 0.320 e. The molecule has 1 aromatic rings. The molecular formula is C8H9NO4S2. The van der Waals surface area contributed by atoms with Crippen LogP contribution < -0.4 is 5.73 Å². The Morgan fingerprint density at radius 3 is 2.33 bits per heavy atom. The van der Waals surface area contributed by atoms with Gasteiger partial charge in [-0.25, -0.2) is 0 Å². The van der Waals surface area contributed by atoms with E-state index in [2.05, 4.69) is 0 Å². The van der Waals surface area contributed by atoms with Crippen molar-refractivity contribution in [1.82, 2.24) is 0 Å². The first kappa shape index (κ1) is 12.0. The quantitative estimate of drug-likeness (QED) is 0.356. The second-order valence-corrected chi connectivity index (χ2v) is 6.09. The highest BCUT2D eigenvalue weighted by atomic mass is 33.1. The predicted octanol–water partition coefficient (Wildman–Crippen LogP) is 0.988. The number of hydrogen-bond acceptors (Lipinski definition) is 5. The van der Waals surface area contributed by atoms with Gasteiger partial charge in [-0.15, -0.1) is 0 Å². The molecule has 0 radical (unpaired) electrons. The lowest BCUT2D eigenvalue weighted by molar-refractivity contribution is 0.102. The van der Waals surface area contributed by atoms with Crippen molar-refractivity contribution in [2.75, 3.05) is 11.5 Å². The van der Waals surface area contributed by atoms with Crippen LogP contribution in [0.15, 0.2) is 24.3 Å². The Balaban J connectivity index is 2.66. The van der Waals surface area contributed by atoms with E-state index in [0.717, 1.165) is 0 Å². The van der Waals surface area contributed by atoms with E-state index in [-0.39, 0.29) is 22.3 Å². The van der Waals surface area contributed by atoms with E-state index in [9.17, 15) is 13.2 Å². The normalized spacial score (nSPS) is 11.3. The average Bonchev–Trinajstić information content (AvgIpc) is 2.14. The molecule has 0 unspecified atom stereocenters. The third-order valence-electron chi connectivity index (χ3n) is 1.57. The van der Waals surface area contributed by atoms with Crippen LogP contribution in [-0.2, 0) is 9.15 Å². The number of rotatable bonds is 4. The van der Waals surface area contributed by atoms with Gasteiger partial charge in [-0.05, 0) is 24.3 Å². The van der Waals surface area contributed by atoms with Crippen LogP contribution in [0.3, 0.4) is 0 Å². The second-order valence-electron chi connectivity index (χ2n) is 2.74. The molecule has 0 saturated heterocycles. The molecule has 82 valence electrons. The minimum absolute atomic E-state index is 0.188. The highest BCUT2D eigenvalue weighted by molar-refractivity contribution is 8.70. The lowest BCUT2D eigenvalue weighted by Crippen LogP contribution is -2.05. The molecule has 0 bridgehead atoms. The Morgan fingerprint density at radius 1 is 1.33 bits per heavy atom. The van der Waals surface area contributed by atoms with Gasteiger partial charge in [0.05, 0.1) is 5.75 Å². The van der Waals surface area contributed by atoms with E-state index in [1.165, 1.54) is 12.1 Å². The lowest BCUT2D eigenvalue weighted by Gasteiger charge is -1.99. The van der Waals surface area contributed by atoms with E-state index >= 15 is 0 Å². The standard InChI is InChI=1S/C8H9NO4S2/c9-7-3-1-6(2-4-7)8(10)5-14-15(11,12)13/h1-4H,5,9H2,(H,11,12,13). The summed E-state index contributed by atoms with van der Waals surface area (Å²) >= 11 is 0. The summed E-state index contributed by atoms with van der Waals surface area (Å²) in [7, 11) is -3.98. The van der Waals surface area contributed by atoms with Crippen LogP contribution in [-0.4, -0.2) is 24.5 Å². The molecule has 0 saturated carbocycles. The maximum absolute atomic E-state index is 11.4. The first-order valence-electron chi connectivity index (χ1n) is 3.89. The third-order valence-corrected chi connectivity index (χ3v) is 3.50. The maximum atomic E-state index is 11.4. The summed E-state index contributed by atoms with van der Waals surface area (Å²) in [6.45, 7) is 0. The number of nitrogens with two attached hydrogens (primary N) is 1. The first-order valence-corrected chi connectivity index (χ1v) is 6.83. The summed E-state index contributed by atoms with van der Waals surface area (Å²) in [4.78, 5) is 11.4. The zero-order valence-electron chi connectivity index (χ0n) is 7.58. The van der Waals surface area contributed by atoms with E-state index in [4.69, 9.17) is 10.3 Å². The predicted molar refractivity (Wildman–Crippen MR) is 59.2 cm³/mol. The Bertz CT molecular complexity index is 452. The molecule has 5 nitrogen and oxygen atoms in total. The zero-order valence-corrected chi connectivity index (χ0v) is 9.22. The highest BCUT2D eigenvalue weighted by Crippen LogP contribution is 2.13. The van der Waals surface area contributed by atoms with Crippen LogP contribution in [0.25, 0.3) is 0 Å². The Morgan fingerprint density at radius 2 is 1.87 bits per heavy atom. The van der Waals surface area contributed by atoms with E-state index in [1.54, 1.807) is 12.1 Å². The molecule has 1 aromatic carbocycles. The van der Waals surface area contributed by atoms with E-state index in [0.29, 0.717) is 11.3 Å². The fourth-order valence-corrected chi connectivity index (χ4v) is 2.07. The summed E-state index contributed by atoms with van der Waals surface area (Å²) in [5.74, 6) is -0.694. The molecule has 0 atom stereocenters. The minimum Gasteiger partial charge on any atom is -0.399 e. The summed E-state index contributed by atoms with van der Waals surface area (Å²) < 4.78 is 29.2. The fourth-order valence-electron chi connectivity index (χ4n) is 0.880. The molecule has 0 amide bonds. The molecular weight excluding hydrogens is 238 g/mol. The summed E-state index contributed by atoms with van der Waals surface area (Å²) in [6, 6.07) is 6.10. The zero-order chi connectivity index (χ0) is 11.5. The summed E-state index contributed by atoms with van der Waals surface area (Å²) in [5, 5.41) is 0. The van der Waals surface area contributed by atoms with Crippen molar-refractivity contribution >= 4 is 31.4 Å². The monoisotopic (exact) mass is 247 g/mol. The molecule has 0 spiro atoms. The van der Waals surface area contributed by atoms with Crippen LogP contribution in [0.1, 0.15) is 10.4 Å². The summed E-state index contributed by atoms with van der Waals surface area (Å²) in [6.07, 6.45) is 0. The molecule has 0 aliphatic heterocycles. The van der Waals surface area contributed by atoms with Gasteiger partial charge in [0.25, 0.3) is 0 Å². The van der Waals surface area contributed by atoms with Crippen LogP contribution >= 0.6 is 10.8 Å². The average molecular weight is 247 g/mol. The molecule has 7 heteroatoms. The highest BCUT2D eigenvalue weighted by Gasteiger charge is 2.11. The van der Waals surface area contributed by atoms with Crippen LogP contribution in [0.4, 0.5) is 5.69 Å². The molecule has 0 aliphatic carbocycles. The van der Waals surface area contributed by atoms with Crippen molar-refractivity contribution in [3.8, 4) is 0 Å². The molecule has 3 N–H and O–H groups in total. The van der Waals surface area contributed by atoms with Crippen LogP contribution in [0, 0.1) is 0 Å². The van der Waals surface area contributed by atoms with Crippen molar-refractivity contribution in [1.29, 1.82) is 0 Å². The van der Waals surface area contributed by atoms with Gasteiger partial charge in [0.15, 0.2) is 5.78 Å². The lowest BCUT2D eigenvalue weighted by atomic mass is 10.1. The van der Waals surface area contributed by atoms with Crippen molar-refractivity contribution in [3.63, 3.8) is 0 Å². The van der Waals surface area contributed by atoms with Gasteiger partial charge in [0.2, 0.25) is 0 Å². The molecule has 1 rings (SSSR count). The largest absolute Gasteiger partial charge is 0.399 e. The van der Waals surface area contributed by atoms with Gasteiger partial charge in [0.1, 0.15) is 0 Å². The molecule has 0 aromatic heterocycles. The number of carbonyl (C=O) groups is 1. The second kappa shape index (κ2) is 4.65. The van der Waals surface area contributed by atoms with Crippen molar-refractivity contribution in [3.05, 3.63) is 29.8 Å². The van der Waals surface area contributed by atoms with E-state index < -0.39 is 9.15 Å². The van der Waals surface area contributed by atoms with Gasteiger partial charge in [-0.1, -0.05) is 0 Å². The Labute approximate surface area is 90.8 Å². The van der Waals surface area contributed by atoms with Crippen molar-refractivity contribution in [2.24, 2.45) is 0 Å². The van der Waals surface area contributed by atoms with Crippen LogP contribution in [0.5, 0.6) is 0 Å². The number of carbonyl (C=O) groups excluding carboxylic acids is 1. The molecule has 15 heavy (non-hydrogen) atoms. The van der Waals surface area contributed by atoms with Gasteiger partial charge in [-0.2, -0.15) is 8.42 Å². The van der Waals surface area contributed by atoms with Crippen molar-refractivity contribution in [2.45, 2.75) is 0 Å². The third kappa shape index (κ3) is 4.32. The Kier molecular flexibility index (Phi) is 3.72. The number of benzene rings is 1. The number of Topliss-reactive ketones (excluding diaryl/α,β-unsaturated/α-hetero) is 1. The molecule has 0 fully saturated rings. The van der Waals surface area contributed by atoms with Gasteiger partial charge in [0, 0.05) is 22.0 Å². The first-order chi connectivity index (χ1) is 6.88. The van der Waals surface area contributed by atoms with E-state index in [1.807, 2.05) is 0 Å². The number of hydrogen-bond donors (Lipinski definition) is 2. The van der Waals surface area contributed by atoms with Gasteiger partial charge < -0.3 is 5.73 Å². The fraction of sp³-hybridized carbons (Fsp3) is 0.125. The molecule has 0 heterocycles. The molecule has 0 aliphatic rings. The topological polar surface area (TPSA) is 97.5 Å². The number of nitrogen functional groups attached to an aromatic ring is 1. The minimum atomic E-state index is -4.16. The number of ketones is 1. The summed E-state index contributed by atoms with van der Waals surface area (Å²) in [5.41, 5.74) is 6.30. The smallest absolute Gasteiger partial charge is 0.320 e. The van der Waals surface area contributed by atoms with Crippen molar-refractivity contribution < 1.29 is 17.8 Å². The van der Waals surface area contributed by atoms with Crippen LogP contribution in [0.2, 0.25) is 0 Å². The Hall–Kier alpha value is -1.05. The SMILES string of the molecule is Nc1ccc(C(=O)CSS(=O)(=O)O)cc1. The van der Waals surface area contributed by atoms with Gasteiger partial charge >= 0.3 is 9.15 Å². The number of anilines is 1.